The Balaban J connectivity index is 1.46. The molecular weight excluding hydrogens is 534 g/mol. The first-order valence-electron chi connectivity index (χ1n) is 12.7. The van der Waals surface area contributed by atoms with Crippen LogP contribution in [0.3, 0.4) is 0 Å². The molecule has 2 aromatic heterocycles. The van der Waals surface area contributed by atoms with E-state index >= 15 is 0 Å². The van der Waals surface area contributed by atoms with Crippen LogP contribution in [0.1, 0.15) is 42.3 Å². The van der Waals surface area contributed by atoms with Crippen molar-refractivity contribution in [1.29, 1.82) is 0 Å². The molecule has 0 radical (unpaired) electrons. The van der Waals surface area contributed by atoms with Gasteiger partial charge in [0.2, 0.25) is 0 Å². The molecule has 1 unspecified atom stereocenters. The van der Waals surface area contributed by atoms with E-state index in [1.54, 1.807) is 17.8 Å². The van der Waals surface area contributed by atoms with Gasteiger partial charge < -0.3 is 30.1 Å². The maximum atomic E-state index is 13.4. The number of hydrogen-bond donors (Lipinski definition) is 3. The number of hydrogen-bond acceptors (Lipinski definition) is 8. The van der Waals surface area contributed by atoms with Gasteiger partial charge >= 0.3 is 5.57 Å². The Morgan fingerprint density at radius 2 is 2.03 bits per heavy atom. The van der Waals surface area contributed by atoms with Gasteiger partial charge in [0.1, 0.15) is 23.6 Å². The largest absolute Gasteiger partial charge is 0.487 e. The van der Waals surface area contributed by atoms with Crippen molar-refractivity contribution >= 4 is 34.8 Å². The first-order chi connectivity index (χ1) is 18.7. The summed E-state index contributed by atoms with van der Waals surface area (Å²) in [5.41, 5.74) is -1.96. The fourth-order valence-electron chi connectivity index (χ4n) is 4.74. The number of aromatic nitrogens is 3. The number of halogens is 3. The summed E-state index contributed by atoms with van der Waals surface area (Å²) in [6, 6.07) is 8.97. The van der Waals surface area contributed by atoms with Gasteiger partial charge in [-0.2, -0.15) is 5.10 Å². The van der Waals surface area contributed by atoms with Crippen LogP contribution >= 0.6 is 11.6 Å². The summed E-state index contributed by atoms with van der Waals surface area (Å²) in [4.78, 5) is 20.1. The normalized spacial score (nSPS) is 19.7. The molecule has 13 heteroatoms. The van der Waals surface area contributed by atoms with E-state index < -0.39 is 17.6 Å². The molecule has 2 aliphatic rings. The zero-order valence-electron chi connectivity index (χ0n) is 21.2. The van der Waals surface area contributed by atoms with Crippen LogP contribution in [0.5, 0.6) is 5.75 Å². The van der Waals surface area contributed by atoms with Crippen LogP contribution in [0.15, 0.2) is 42.6 Å². The van der Waals surface area contributed by atoms with Crippen molar-refractivity contribution in [1.82, 2.24) is 14.8 Å². The van der Waals surface area contributed by atoms with Crippen molar-refractivity contribution in [3.63, 3.8) is 0 Å². The first kappa shape index (κ1) is 27.1. The van der Waals surface area contributed by atoms with Crippen LogP contribution in [0.2, 0.25) is 0 Å². The summed E-state index contributed by atoms with van der Waals surface area (Å²) in [6.07, 6.45) is 4.78. The lowest BCUT2D eigenvalue weighted by Gasteiger charge is -2.23. The van der Waals surface area contributed by atoms with Crippen molar-refractivity contribution in [3.05, 3.63) is 48.2 Å². The van der Waals surface area contributed by atoms with Crippen LogP contribution in [0.25, 0.3) is 11.3 Å². The molecule has 3 N–H and O–H groups in total. The molecule has 2 atom stereocenters. The number of anilines is 3. The highest BCUT2D eigenvalue weighted by atomic mass is 35.5. The molecule has 10 nitrogen and oxygen atoms in total. The van der Waals surface area contributed by atoms with Crippen molar-refractivity contribution in [2.45, 2.75) is 43.6 Å². The lowest BCUT2D eigenvalue weighted by molar-refractivity contribution is -0.0964. The van der Waals surface area contributed by atoms with E-state index in [4.69, 9.17) is 26.4 Å². The molecular formula is C26H29ClF2N6O4. The minimum absolute atomic E-state index is 0.150. The maximum absolute atomic E-state index is 13.4. The number of alkyl halides is 3. The quantitative estimate of drug-likeness (QED) is 0.339. The molecule has 0 aliphatic carbocycles. The summed E-state index contributed by atoms with van der Waals surface area (Å²) in [7, 11) is 1.66. The number of β-amino-alcohol motifs (C(OH)–C–C–N with tert-alkyl or cyclic N) is 1. The van der Waals surface area contributed by atoms with Gasteiger partial charge in [0.15, 0.2) is 0 Å². The van der Waals surface area contributed by atoms with Crippen LogP contribution in [0, 0.1) is 0 Å². The van der Waals surface area contributed by atoms with E-state index in [0.29, 0.717) is 54.7 Å². The Morgan fingerprint density at radius 1 is 1.23 bits per heavy atom. The molecule has 2 saturated heterocycles. The number of amides is 1. The number of ether oxygens (including phenoxy) is 2. The summed E-state index contributed by atoms with van der Waals surface area (Å²) in [5, 5.41) is 20.7. The Kier molecular flexibility index (Phi) is 7.87. The molecule has 3 aromatic rings. The van der Waals surface area contributed by atoms with Gasteiger partial charge in [-0.1, -0.05) is 0 Å². The van der Waals surface area contributed by atoms with E-state index in [0.717, 1.165) is 19.3 Å². The highest BCUT2D eigenvalue weighted by Crippen LogP contribution is 2.35. The lowest BCUT2D eigenvalue weighted by atomic mass is 10.1. The monoisotopic (exact) mass is 562 g/mol. The van der Waals surface area contributed by atoms with E-state index in [1.165, 1.54) is 24.3 Å². The van der Waals surface area contributed by atoms with E-state index in [-0.39, 0.29) is 17.5 Å². The number of carbonyl (C=O) groups excluding carboxylic acids is 1. The van der Waals surface area contributed by atoms with Crippen LogP contribution in [-0.2, 0) is 4.74 Å². The zero-order chi connectivity index (χ0) is 27.6. The third-order valence-corrected chi connectivity index (χ3v) is 6.70. The van der Waals surface area contributed by atoms with E-state index in [1.807, 2.05) is 17.2 Å². The summed E-state index contributed by atoms with van der Waals surface area (Å²) in [5.74, 6) is 0.324. The standard InChI is InChI=1S/C26H29ClF2N6O4/c1-30-23-20(25(37)31-16-5-7-18(8-6-16)39-26(27,28)29)14-19(24(32-23)34-11-9-17(36)15-34)21-10-12-35(33-21)22-4-2-3-13-38-22/h5-8,10,12,14,17,22,36H,2-4,9,11,13,15H2,1H3,(H,30,32)(H,31,37)/t17-,22?/m1/s1. The Hall–Kier alpha value is -3.48. The molecule has 0 bridgehead atoms. The fraction of sp³-hybridized carbons (Fsp3) is 0.423. The molecule has 208 valence electrons. The van der Waals surface area contributed by atoms with Gasteiger partial charge in [0, 0.05) is 55.8 Å². The number of benzene rings is 1. The molecule has 2 aliphatic heterocycles. The second kappa shape index (κ2) is 11.3. The van der Waals surface area contributed by atoms with Gasteiger partial charge in [0.05, 0.1) is 17.4 Å². The molecule has 5 rings (SSSR count). The van der Waals surface area contributed by atoms with Crippen molar-refractivity contribution < 1.29 is 28.2 Å². The van der Waals surface area contributed by atoms with Gasteiger partial charge in [-0.25, -0.2) is 9.67 Å². The lowest BCUT2D eigenvalue weighted by Crippen LogP contribution is -2.24. The van der Waals surface area contributed by atoms with Gasteiger partial charge in [-0.3, -0.25) is 4.79 Å². The topological polar surface area (TPSA) is 114 Å². The minimum atomic E-state index is -3.84. The second-order valence-corrected chi connectivity index (χ2v) is 9.86. The number of nitrogens with one attached hydrogen (secondary N) is 2. The number of aliphatic hydroxyl groups excluding tert-OH is 1. The molecule has 2 fully saturated rings. The molecule has 0 saturated carbocycles. The smallest absolute Gasteiger partial charge is 0.420 e. The highest BCUT2D eigenvalue weighted by molar-refractivity contribution is 6.20. The van der Waals surface area contributed by atoms with Crippen molar-refractivity contribution in [3.8, 4) is 17.0 Å². The maximum Gasteiger partial charge on any atom is 0.487 e. The fourth-order valence-corrected chi connectivity index (χ4v) is 4.83. The van der Waals surface area contributed by atoms with Gasteiger partial charge in [-0.15, -0.1) is 8.78 Å². The Bertz CT molecular complexity index is 1310. The number of nitrogens with zero attached hydrogens (tertiary/aromatic N) is 4. The molecule has 39 heavy (non-hydrogen) atoms. The number of rotatable bonds is 8. The second-order valence-electron chi connectivity index (χ2n) is 9.42. The minimum Gasteiger partial charge on any atom is -0.420 e. The van der Waals surface area contributed by atoms with Crippen LogP contribution in [-0.4, -0.2) is 64.2 Å². The zero-order valence-corrected chi connectivity index (χ0v) is 22.0. The van der Waals surface area contributed by atoms with Crippen LogP contribution in [0.4, 0.5) is 26.1 Å². The molecule has 0 spiro atoms. The SMILES string of the molecule is CNc1nc(N2CC[C@@H](O)C2)c(-c2ccn(C3CCCCO3)n2)cc1C(=O)Nc1ccc(OC(F)(F)Cl)cc1. The van der Waals surface area contributed by atoms with E-state index in [9.17, 15) is 18.7 Å². The van der Waals surface area contributed by atoms with Gasteiger partial charge in [-0.05, 0) is 62.1 Å². The van der Waals surface area contributed by atoms with Gasteiger partial charge in [0.25, 0.3) is 5.91 Å². The average molecular weight is 563 g/mol. The predicted octanol–water partition coefficient (Wildman–Crippen LogP) is 4.68. The summed E-state index contributed by atoms with van der Waals surface area (Å²) in [6.45, 7) is 1.70. The third kappa shape index (κ3) is 6.40. The number of pyridine rings is 1. The predicted molar refractivity (Wildman–Crippen MR) is 143 cm³/mol. The number of carbonyl (C=O) groups is 1. The summed E-state index contributed by atoms with van der Waals surface area (Å²) >= 11 is 4.81. The summed E-state index contributed by atoms with van der Waals surface area (Å²) < 4.78 is 37.8. The van der Waals surface area contributed by atoms with Crippen LogP contribution < -0.4 is 20.3 Å². The Labute approximate surface area is 228 Å². The van der Waals surface area contributed by atoms with E-state index in [2.05, 4.69) is 15.4 Å². The highest BCUT2D eigenvalue weighted by Gasteiger charge is 2.29. The molecule has 1 aromatic carbocycles. The van der Waals surface area contributed by atoms with Crippen molar-refractivity contribution in [2.75, 3.05) is 42.3 Å². The Morgan fingerprint density at radius 3 is 2.67 bits per heavy atom. The number of aliphatic hydroxyl groups is 1. The van der Waals surface area contributed by atoms with Crippen molar-refractivity contribution in [2.24, 2.45) is 0 Å². The molecule has 1 amide bonds. The average Bonchev–Trinajstić information content (AvgIpc) is 3.58. The third-order valence-electron chi connectivity index (χ3n) is 6.63. The molecule has 4 heterocycles. The first-order valence-corrected chi connectivity index (χ1v) is 13.1.